The van der Waals surface area contributed by atoms with Gasteiger partial charge in [-0.15, -0.1) is 0 Å². The van der Waals surface area contributed by atoms with Gasteiger partial charge in [-0.25, -0.2) is 0 Å². The van der Waals surface area contributed by atoms with E-state index in [9.17, 15) is 9.59 Å². The van der Waals surface area contributed by atoms with Crippen molar-refractivity contribution in [2.75, 3.05) is 6.61 Å². The van der Waals surface area contributed by atoms with Crippen LogP contribution in [0.3, 0.4) is 0 Å². The van der Waals surface area contributed by atoms with E-state index in [0.717, 1.165) is 12.8 Å². The standard InChI is InChI=1S/C18H25NO3/c1-3-17(20)14-7-9-16(10-8-14)22-12-18(21)19-15-6-4-5-13(2)11-15/h7-10,13,15H,3-6,11-12H2,1-2H3,(H,19,21). The van der Waals surface area contributed by atoms with Gasteiger partial charge in [0.2, 0.25) is 0 Å². The molecule has 1 N–H and O–H groups in total. The van der Waals surface area contributed by atoms with E-state index in [1.54, 1.807) is 24.3 Å². The first-order chi connectivity index (χ1) is 10.6. The fourth-order valence-corrected chi connectivity index (χ4v) is 2.92. The lowest BCUT2D eigenvalue weighted by Crippen LogP contribution is -2.40. The largest absolute Gasteiger partial charge is 0.484 e. The molecule has 0 aromatic heterocycles. The van der Waals surface area contributed by atoms with Crippen LogP contribution >= 0.6 is 0 Å². The molecule has 1 aromatic rings. The highest BCUT2D eigenvalue weighted by Crippen LogP contribution is 2.23. The molecule has 4 nitrogen and oxygen atoms in total. The molecule has 2 rings (SSSR count). The van der Waals surface area contributed by atoms with Crippen molar-refractivity contribution in [3.05, 3.63) is 29.8 Å². The SMILES string of the molecule is CCC(=O)c1ccc(OCC(=O)NC2CCCC(C)C2)cc1. The minimum absolute atomic E-state index is 0.0198. The third-order valence-electron chi connectivity index (χ3n) is 4.17. The summed E-state index contributed by atoms with van der Waals surface area (Å²) in [6.45, 7) is 4.09. The Hall–Kier alpha value is -1.84. The second kappa shape index (κ2) is 7.97. The number of hydrogen-bond acceptors (Lipinski definition) is 3. The maximum Gasteiger partial charge on any atom is 0.258 e. The highest BCUT2D eigenvalue weighted by molar-refractivity contribution is 5.95. The van der Waals surface area contributed by atoms with Crippen LogP contribution in [0.5, 0.6) is 5.75 Å². The van der Waals surface area contributed by atoms with Crippen molar-refractivity contribution < 1.29 is 14.3 Å². The predicted molar refractivity (Wildman–Crippen MR) is 86.1 cm³/mol. The Morgan fingerprint density at radius 2 is 1.95 bits per heavy atom. The van der Waals surface area contributed by atoms with Crippen LogP contribution in [0.4, 0.5) is 0 Å². The molecule has 0 saturated heterocycles. The second-order valence-electron chi connectivity index (χ2n) is 6.13. The zero-order chi connectivity index (χ0) is 15.9. The molecule has 1 aromatic carbocycles. The molecular weight excluding hydrogens is 278 g/mol. The molecule has 1 saturated carbocycles. The topological polar surface area (TPSA) is 55.4 Å². The minimum Gasteiger partial charge on any atom is -0.484 e. The lowest BCUT2D eigenvalue weighted by Gasteiger charge is -2.27. The van der Waals surface area contributed by atoms with Gasteiger partial charge < -0.3 is 10.1 Å². The maximum atomic E-state index is 11.9. The summed E-state index contributed by atoms with van der Waals surface area (Å²) in [5, 5.41) is 3.04. The van der Waals surface area contributed by atoms with Gasteiger partial charge in [-0.1, -0.05) is 26.7 Å². The number of carbonyl (C=O) groups is 2. The van der Waals surface area contributed by atoms with Gasteiger partial charge in [-0.3, -0.25) is 9.59 Å². The van der Waals surface area contributed by atoms with E-state index >= 15 is 0 Å². The van der Waals surface area contributed by atoms with E-state index in [1.165, 1.54) is 12.8 Å². The van der Waals surface area contributed by atoms with Gasteiger partial charge in [0.05, 0.1) is 0 Å². The summed E-state index contributed by atoms with van der Waals surface area (Å²) < 4.78 is 5.48. The van der Waals surface area contributed by atoms with Gasteiger partial charge >= 0.3 is 0 Å². The first-order valence-electron chi connectivity index (χ1n) is 8.14. The van der Waals surface area contributed by atoms with E-state index in [2.05, 4.69) is 12.2 Å². The van der Waals surface area contributed by atoms with Crippen molar-refractivity contribution in [2.45, 2.75) is 52.0 Å². The number of ketones is 1. The first kappa shape index (κ1) is 16.5. The summed E-state index contributed by atoms with van der Waals surface area (Å²) in [5.74, 6) is 1.33. The number of nitrogens with one attached hydrogen (secondary N) is 1. The van der Waals surface area contributed by atoms with E-state index in [0.29, 0.717) is 23.7 Å². The van der Waals surface area contributed by atoms with Gasteiger partial charge in [-0.05, 0) is 43.0 Å². The van der Waals surface area contributed by atoms with Crippen molar-refractivity contribution in [1.82, 2.24) is 5.32 Å². The van der Waals surface area contributed by atoms with E-state index in [-0.39, 0.29) is 24.3 Å². The van der Waals surface area contributed by atoms with Crippen LogP contribution in [0, 0.1) is 5.92 Å². The Kier molecular flexibility index (Phi) is 5.99. The molecule has 2 unspecified atom stereocenters. The monoisotopic (exact) mass is 303 g/mol. The van der Waals surface area contributed by atoms with Crippen LogP contribution in [0.15, 0.2) is 24.3 Å². The van der Waals surface area contributed by atoms with E-state index < -0.39 is 0 Å². The molecule has 1 amide bonds. The summed E-state index contributed by atoms with van der Waals surface area (Å²) in [5.41, 5.74) is 0.676. The number of benzene rings is 1. The normalized spacial score (nSPS) is 21.2. The molecule has 0 radical (unpaired) electrons. The summed E-state index contributed by atoms with van der Waals surface area (Å²) in [6, 6.07) is 7.23. The number of carbonyl (C=O) groups excluding carboxylic acids is 2. The van der Waals surface area contributed by atoms with Gasteiger partial charge in [-0.2, -0.15) is 0 Å². The Bertz CT molecular complexity index is 510. The van der Waals surface area contributed by atoms with Gasteiger partial charge in [0.25, 0.3) is 5.91 Å². The van der Waals surface area contributed by atoms with Crippen molar-refractivity contribution >= 4 is 11.7 Å². The van der Waals surface area contributed by atoms with E-state index in [4.69, 9.17) is 4.74 Å². The highest BCUT2D eigenvalue weighted by atomic mass is 16.5. The molecular formula is C18H25NO3. The third-order valence-corrected chi connectivity index (χ3v) is 4.17. The van der Waals surface area contributed by atoms with Crippen LogP contribution in [0.1, 0.15) is 56.3 Å². The fourth-order valence-electron chi connectivity index (χ4n) is 2.92. The number of Topliss-reactive ketones (excluding diaryl/α,β-unsaturated/α-hetero) is 1. The lowest BCUT2D eigenvalue weighted by atomic mass is 9.87. The Balaban J connectivity index is 1.77. The number of hydrogen-bond donors (Lipinski definition) is 1. The van der Waals surface area contributed by atoms with Crippen LogP contribution in [-0.2, 0) is 4.79 Å². The number of ether oxygens (including phenoxy) is 1. The van der Waals surface area contributed by atoms with Gasteiger partial charge in [0.1, 0.15) is 5.75 Å². The van der Waals surface area contributed by atoms with Crippen molar-refractivity contribution in [1.29, 1.82) is 0 Å². The smallest absolute Gasteiger partial charge is 0.258 e. The average molecular weight is 303 g/mol. The molecule has 1 fully saturated rings. The lowest BCUT2D eigenvalue weighted by molar-refractivity contribution is -0.124. The molecule has 0 aliphatic heterocycles. The number of amides is 1. The van der Waals surface area contributed by atoms with Crippen molar-refractivity contribution in [3.8, 4) is 5.75 Å². The van der Waals surface area contributed by atoms with Crippen molar-refractivity contribution in [3.63, 3.8) is 0 Å². The zero-order valence-corrected chi connectivity index (χ0v) is 13.4. The van der Waals surface area contributed by atoms with Crippen LogP contribution in [0.2, 0.25) is 0 Å². The van der Waals surface area contributed by atoms with Gasteiger partial charge in [0.15, 0.2) is 12.4 Å². The maximum absolute atomic E-state index is 11.9. The molecule has 1 aliphatic rings. The molecule has 0 bridgehead atoms. The van der Waals surface area contributed by atoms with Crippen LogP contribution in [-0.4, -0.2) is 24.3 Å². The van der Waals surface area contributed by atoms with Crippen LogP contribution in [0.25, 0.3) is 0 Å². The Morgan fingerprint density at radius 1 is 1.23 bits per heavy atom. The fraction of sp³-hybridized carbons (Fsp3) is 0.556. The first-order valence-corrected chi connectivity index (χ1v) is 8.14. The van der Waals surface area contributed by atoms with Gasteiger partial charge in [0, 0.05) is 18.0 Å². The summed E-state index contributed by atoms with van der Waals surface area (Å²) in [6.07, 6.45) is 5.04. The summed E-state index contributed by atoms with van der Waals surface area (Å²) in [4.78, 5) is 23.5. The molecule has 2 atom stereocenters. The number of rotatable bonds is 6. The predicted octanol–water partition coefficient (Wildman–Crippen LogP) is 3.35. The van der Waals surface area contributed by atoms with E-state index in [1.807, 2.05) is 6.92 Å². The molecule has 1 aliphatic carbocycles. The summed E-state index contributed by atoms with van der Waals surface area (Å²) >= 11 is 0. The molecule has 4 heteroatoms. The molecule has 0 heterocycles. The van der Waals surface area contributed by atoms with Crippen molar-refractivity contribution in [2.24, 2.45) is 5.92 Å². The third kappa shape index (κ3) is 4.86. The van der Waals surface area contributed by atoms with Crippen LogP contribution < -0.4 is 10.1 Å². The Labute approximate surface area is 132 Å². The quantitative estimate of drug-likeness (QED) is 0.820. The minimum atomic E-state index is -0.0761. The zero-order valence-electron chi connectivity index (χ0n) is 13.4. The molecule has 22 heavy (non-hydrogen) atoms. The highest BCUT2D eigenvalue weighted by Gasteiger charge is 2.20. The Morgan fingerprint density at radius 3 is 2.59 bits per heavy atom. The second-order valence-corrected chi connectivity index (χ2v) is 6.13. The molecule has 120 valence electrons. The summed E-state index contributed by atoms with van der Waals surface area (Å²) in [7, 11) is 0. The average Bonchev–Trinajstić information content (AvgIpc) is 2.52. The molecule has 0 spiro atoms.